The summed E-state index contributed by atoms with van der Waals surface area (Å²) in [6.45, 7) is 1.93. The van der Waals surface area contributed by atoms with Gasteiger partial charge in [-0.25, -0.2) is 0 Å². The van der Waals surface area contributed by atoms with Crippen molar-refractivity contribution in [3.05, 3.63) is 41.4 Å². The van der Waals surface area contributed by atoms with Crippen LogP contribution in [0.2, 0.25) is 0 Å². The maximum absolute atomic E-state index is 12.2. The lowest BCUT2D eigenvalue weighted by Gasteiger charge is -2.03. The molecule has 0 atom stereocenters. The summed E-state index contributed by atoms with van der Waals surface area (Å²) in [6, 6.07) is 5.60. The average Bonchev–Trinajstić information content (AvgIpc) is 3.09. The standard InChI is InChI=1S/C15H16N4O3/c1-10-13(14(21)18-6-4-5-12(17)20)11(9-16)15(22-10)19-7-2-3-8-19/h2-3,7-8H,4-6H2,1H3,(H2,17,20)(H,18,21). The fourth-order valence-electron chi connectivity index (χ4n) is 2.11. The number of aryl methyl sites for hydroxylation is 1. The molecule has 0 saturated heterocycles. The molecule has 2 rings (SSSR count). The van der Waals surface area contributed by atoms with Gasteiger partial charge in [0, 0.05) is 25.4 Å². The lowest BCUT2D eigenvalue weighted by molar-refractivity contribution is -0.118. The van der Waals surface area contributed by atoms with Gasteiger partial charge >= 0.3 is 0 Å². The molecule has 0 fully saturated rings. The van der Waals surface area contributed by atoms with Gasteiger partial charge in [-0.1, -0.05) is 0 Å². The minimum Gasteiger partial charge on any atom is -0.443 e. The Morgan fingerprint density at radius 1 is 1.41 bits per heavy atom. The van der Waals surface area contributed by atoms with Gasteiger partial charge in [-0.15, -0.1) is 0 Å². The van der Waals surface area contributed by atoms with E-state index in [1.807, 2.05) is 6.07 Å². The van der Waals surface area contributed by atoms with Crippen molar-refractivity contribution in [3.8, 4) is 12.0 Å². The van der Waals surface area contributed by atoms with Gasteiger partial charge in [0.1, 0.15) is 23.0 Å². The van der Waals surface area contributed by atoms with Crippen LogP contribution in [-0.4, -0.2) is 22.9 Å². The summed E-state index contributed by atoms with van der Waals surface area (Å²) < 4.78 is 7.19. The number of aromatic nitrogens is 1. The summed E-state index contributed by atoms with van der Waals surface area (Å²) in [6.07, 6.45) is 4.11. The van der Waals surface area contributed by atoms with Gasteiger partial charge in [0.15, 0.2) is 0 Å². The third kappa shape index (κ3) is 3.17. The molecule has 2 aromatic rings. The van der Waals surface area contributed by atoms with E-state index in [1.165, 1.54) is 0 Å². The van der Waals surface area contributed by atoms with Crippen molar-refractivity contribution in [1.82, 2.24) is 9.88 Å². The van der Waals surface area contributed by atoms with Crippen LogP contribution in [0.25, 0.3) is 5.88 Å². The van der Waals surface area contributed by atoms with E-state index < -0.39 is 11.8 Å². The molecule has 0 bridgehead atoms. The second-order valence-electron chi connectivity index (χ2n) is 4.74. The van der Waals surface area contributed by atoms with Gasteiger partial charge in [0.25, 0.3) is 5.91 Å². The van der Waals surface area contributed by atoms with Gasteiger partial charge in [0.05, 0.1) is 0 Å². The third-order valence-electron chi connectivity index (χ3n) is 3.13. The van der Waals surface area contributed by atoms with Gasteiger partial charge in [0.2, 0.25) is 11.8 Å². The van der Waals surface area contributed by atoms with E-state index in [0.29, 0.717) is 24.6 Å². The number of amides is 2. The number of carbonyl (C=O) groups excluding carboxylic acids is 2. The molecule has 0 aliphatic carbocycles. The predicted octanol–water partition coefficient (Wildman–Crippen LogP) is 1.25. The highest BCUT2D eigenvalue weighted by atomic mass is 16.4. The molecule has 7 heteroatoms. The summed E-state index contributed by atoms with van der Waals surface area (Å²) in [4.78, 5) is 22.9. The van der Waals surface area contributed by atoms with E-state index in [9.17, 15) is 14.9 Å². The highest BCUT2D eigenvalue weighted by molar-refractivity contribution is 5.98. The zero-order valence-corrected chi connectivity index (χ0v) is 12.1. The van der Waals surface area contributed by atoms with Crippen molar-refractivity contribution in [2.45, 2.75) is 19.8 Å². The molecule has 0 unspecified atom stereocenters. The Morgan fingerprint density at radius 2 is 2.09 bits per heavy atom. The van der Waals surface area contributed by atoms with Crippen LogP contribution >= 0.6 is 0 Å². The molecule has 7 nitrogen and oxygen atoms in total. The molecule has 0 aliphatic rings. The minimum atomic E-state index is -0.415. The third-order valence-corrected chi connectivity index (χ3v) is 3.13. The Bertz CT molecular complexity index is 723. The van der Waals surface area contributed by atoms with Crippen LogP contribution in [0.1, 0.15) is 34.5 Å². The van der Waals surface area contributed by atoms with E-state index in [4.69, 9.17) is 10.2 Å². The van der Waals surface area contributed by atoms with Gasteiger partial charge in [-0.05, 0) is 25.5 Å². The molecular weight excluding hydrogens is 284 g/mol. The topological polar surface area (TPSA) is 114 Å². The van der Waals surface area contributed by atoms with E-state index in [2.05, 4.69) is 5.32 Å². The van der Waals surface area contributed by atoms with E-state index in [0.717, 1.165) is 0 Å². The molecule has 3 N–H and O–H groups in total. The molecule has 0 radical (unpaired) electrons. The molecule has 22 heavy (non-hydrogen) atoms. The smallest absolute Gasteiger partial charge is 0.256 e. The number of primary amides is 1. The largest absolute Gasteiger partial charge is 0.443 e. The first-order valence-corrected chi connectivity index (χ1v) is 6.78. The number of nitrogens with one attached hydrogen (secondary N) is 1. The van der Waals surface area contributed by atoms with Crippen LogP contribution in [0, 0.1) is 18.3 Å². The molecule has 0 spiro atoms. The normalized spacial score (nSPS) is 10.2. The first-order chi connectivity index (χ1) is 10.5. The molecule has 2 amide bonds. The Hall–Kier alpha value is -3.01. The second-order valence-corrected chi connectivity index (χ2v) is 4.74. The zero-order chi connectivity index (χ0) is 16.1. The first-order valence-electron chi connectivity index (χ1n) is 6.78. The fourth-order valence-corrected chi connectivity index (χ4v) is 2.11. The van der Waals surface area contributed by atoms with Crippen molar-refractivity contribution in [1.29, 1.82) is 5.26 Å². The van der Waals surface area contributed by atoms with Crippen molar-refractivity contribution in [2.24, 2.45) is 5.73 Å². The van der Waals surface area contributed by atoms with Crippen LogP contribution in [0.5, 0.6) is 0 Å². The van der Waals surface area contributed by atoms with Crippen LogP contribution < -0.4 is 11.1 Å². The average molecular weight is 300 g/mol. The molecule has 114 valence electrons. The molecule has 2 aromatic heterocycles. The SMILES string of the molecule is Cc1oc(-n2cccc2)c(C#N)c1C(=O)NCCCC(N)=O. The second kappa shape index (κ2) is 6.63. The molecule has 0 saturated carbocycles. The van der Waals surface area contributed by atoms with Crippen molar-refractivity contribution >= 4 is 11.8 Å². The molecule has 2 heterocycles. The van der Waals surface area contributed by atoms with Crippen LogP contribution in [0.3, 0.4) is 0 Å². The van der Waals surface area contributed by atoms with Crippen molar-refractivity contribution in [2.75, 3.05) is 6.54 Å². The maximum Gasteiger partial charge on any atom is 0.256 e. The summed E-state index contributed by atoms with van der Waals surface area (Å²) in [5.74, 6) is -0.137. The molecule has 0 aromatic carbocycles. The zero-order valence-electron chi connectivity index (χ0n) is 12.1. The minimum absolute atomic E-state index is 0.182. The van der Waals surface area contributed by atoms with Gasteiger partial charge < -0.3 is 15.5 Å². The fraction of sp³-hybridized carbons (Fsp3) is 0.267. The van der Waals surface area contributed by atoms with Crippen molar-refractivity contribution in [3.63, 3.8) is 0 Å². The lowest BCUT2D eigenvalue weighted by atomic mass is 10.1. The number of nitriles is 1. The number of carbonyl (C=O) groups is 2. The highest BCUT2D eigenvalue weighted by Gasteiger charge is 2.24. The summed E-state index contributed by atoms with van der Waals surface area (Å²) >= 11 is 0. The van der Waals surface area contributed by atoms with Crippen LogP contribution in [0.15, 0.2) is 28.9 Å². The highest BCUT2D eigenvalue weighted by Crippen LogP contribution is 2.25. The number of furan rings is 1. The van der Waals surface area contributed by atoms with E-state index in [1.54, 1.807) is 36.0 Å². The van der Waals surface area contributed by atoms with Crippen LogP contribution in [-0.2, 0) is 4.79 Å². The number of rotatable bonds is 6. The number of nitrogens with two attached hydrogens (primary N) is 1. The number of nitrogens with zero attached hydrogens (tertiary/aromatic N) is 2. The monoisotopic (exact) mass is 300 g/mol. The Balaban J connectivity index is 2.19. The van der Waals surface area contributed by atoms with Crippen molar-refractivity contribution < 1.29 is 14.0 Å². The summed E-state index contributed by atoms with van der Waals surface area (Å²) in [5, 5.41) is 12.0. The molecular formula is C15H16N4O3. The predicted molar refractivity (Wildman–Crippen MR) is 78.2 cm³/mol. The lowest BCUT2D eigenvalue weighted by Crippen LogP contribution is -2.26. The Morgan fingerprint density at radius 3 is 2.68 bits per heavy atom. The maximum atomic E-state index is 12.2. The van der Waals surface area contributed by atoms with E-state index in [-0.39, 0.29) is 17.5 Å². The number of hydrogen-bond acceptors (Lipinski definition) is 4. The van der Waals surface area contributed by atoms with Crippen LogP contribution in [0.4, 0.5) is 0 Å². The Kier molecular flexibility index (Phi) is 4.63. The Labute approximate surface area is 127 Å². The summed E-state index contributed by atoms with van der Waals surface area (Å²) in [7, 11) is 0. The van der Waals surface area contributed by atoms with E-state index >= 15 is 0 Å². The summed E-state index contributed by atoms with van der Waals surface area (Å²) in [5.41, 5.74) is 5.43. The van der Waals surface area contributed by atoms with Gasteiger partial charge in [-0.2, -0.15) is 5.26 Å². The molecule has 0 aliphatic heterocycles. The quantitative estimate of drug-likeness (QED) is 0.781. The number of hydrogen-bond donors (Lipinski definition) is 2. The first kappa shape index (κ1) is 15.4. The van der Waals surface area contributed by atoms with Gasteiger partial charge in [-0.3, -0.25) is 14.2 Å².